The van der Waals surface area contributed by atoms with Crippen LogP contribution in [-0.2, 0) is 9.53 Å². The van der Waals surface area contributed by atoms with Gasteiger partial charge >= 0.3 is 0 Å². The first-order chi connectivity index (χ1) is 10.3. The van der Waals surface area contributed by atoms with Gasteiger partial charge in [-0.25, -0.2) is 4.39 Å². The maximum absolute atomic E-state index is 14.0. The van der Waals surface area contributed by atoms with E-state index in [0.29, 0.717) is 0 Å². The Kier molecular flexibility index (Phi) is 4.77. The number of nitrogens with two attached hydrogens (primary N) is 1. The highest BCUT2D eigenvalue weighted by atomic mass is 35.5. The molecule has 1 heterocycles. The number of rotatable bonds is 2. The van der Waals surface area contributed by atoms with Crippen molar-refractivity contribution in [2.45, 2.75) is 45.3 Å². The Bertz CT molecular complexity index is 623. The quantitative estimate of drug-likeness (QED) is 0.868. The number of benzene rings is 1. The third kappa shape index (κ3) is 2.55. The number of halogens is 2. The van der Waals surface area contributed by atoms with E-state index >= 15 is 0 Å². The first kappa shape index (κ1) is 18.2. The van der Waals surface area contributed by atoms with E-state index in [-0.39, 0.29) is 36.0 Å². The minimum Gasteiger partial charge on any atom is -0.377 e. The average Bonchev–Trinajstić information content (AvgIpc) is 2.49. The molecule has 0 bridgehead atoms. The lowest BCUT2D eigenvalue weighted by Crippen LogP contribution is -2.81. The summed E-state index contributed by atoms with van der Waals surface area (Å²) in [5.74, 6) is -0.776. The van der Waals surface area contributed by atoms with E-state index in [0.717, 1.165) is 25.0 Å². The molecule has 1 aromatic carbocycles. The van der Waals surface area contributed by atoms with Gasteiger partial charge in [-0.05, 0) is 37.5 Å². The highest BCUT2D eigenvalue weighted by Gasteiger charge is 2.70. The van der Waals surface area contributed by atoms with E-state index in [1.54, 1.807) is 19.1 Å². The van der Waals surface area contributed by atoms with Gasteiger partial charge in [-0.15, -0.1) is 12.4 Å². The molecule has 1 saturated heterocycles. The smallest absolute Gasteiger partial charge is 0.245 e. The fourth-order valence-electron chi connectivity index (χ4n) is 3.98. The fourth-order valence-corrected chi connectivity index (χ4v) is 3.98. The molecular formula is C17H24ClFN2O2. The number of carbonyl (C=O) groups excluding carboxylic acids is 1. The highest BCUT2D eigenvalue weighted by molar-refractivity contribution is 6.00. The van der Waals surface area contributed by atoms with Crippen LogP contribution in [0.1, 0.15) is 32.3 Å². The molecule has 2 aliphatic rings. The van der Waals surface area contributed by atoms with Gasteiger partial charge in [0.15, 0.2) is 0 Å². The van der Waals surface area contributed by atoms with Gasteiger partial charge in [0.1, 0.15) is 11.4 Å². The number of anilines is 1. The van der Waals surface area contributed by atoms with E-state index in [1.807, 2.05) is 13.8 Å². The summed E-state index contributed by atoms with van der Waals surface area (Å²) >= 11 is 0. The standard InChI is InChI=1S/C17H23FN2O2.ClH/c1-10-6-7-13(12(18)9-10)20-15(21)17(19)11-5-4-8-22-14(11)16(17,2)3;/h6-7,9,11,14H,4-5,8,19H2,1-3H3,(H,20,21);1H. The number of amides is 1. The number of aryl methyl sites for hydroxylation is 1. The van der Waals surface area contributed by atoms with Crippen LogP contribution < -0.4 is 11.1 Å². The van der Waals surface area contributed by atoms with Crippen LogP contribution in [0, 0.1) is 24.1 Å². The second-order valence-electron chi connectivity index (χ2n) is 7.07. The zero-order valence-corrected chi connectivity index (χ0v) is 14.5. The van der Waals surface area contributed by atoms with Crippen LogP contribution in [0.15, 0.2) is 18.2 Å². The van der Waals surface area contributed by atoms with Crippen LogP contribution in [-0.4, -0.2) is 24.2 Å². The summed E-state index contributed by atoms with van der Waals surface area (Å²) in [5.41, 5.74) is 5.98. The summed E-state index contributed by atoms with van der Waals surface area (Å²) in [6.07, 6.45) is 1.77. The SMILES string of the molecule is Cc1ccc(NC(=O)C2(N)C3CCCOC3C2(C)C)c(F)c1.Cl. The maximum Gasteiger partial charge on any atom is 0.245 e. The van der Waals surface area contributed by atoms with Crippen LogP contribution in [0.25, 0.3) is 0 Å². The summed E-state index contributed by atoms with van der Waals surface area (Å²) in [5, 5.41) is 2.67. The Labute approximate surface area is 142 Å². The van der Waals surface area contributed by atoms with Gasteiger partial charge in [0, 0.05) is 17.9 Å². The van der Waals surface area contributed by atoms with Crippen LogP contribution in [0.2, 0.25) is 0 Å². The second-order valence-corrected chi connectivity index (χ2v) is 7.07. The molecule has 3 N–H and O–H groups in total. The molecule has 23 heavy (non-hydrogen) atoms. The van der Waals surface area contributed by atoms with E-state index in [9.17, 15) is 9.18 Å². The molecule has 1 saturated carbocycles. The molecular weight excluding hydrogens is 319 g/mol. The Morgan fingerprint density at radius 3 is 2.78 bits per heavy atom. The van der Waals surface area contributed by atoms with Gasteiger partial charge in [-0.2, -0.15) is 0 Å². The normalized spacial score (nSPS) is 31.3. The summed E-state index contributed by atoms with van der Waals surface area (Å²) in [6.45, 7) is 6.42. The van der Waals surface area contributed by atoms with Crippen molar-refractivity contribution in [3.8, 4) is 0 Å². The molecule has 0 radical (unpaired) electrons. The van der Waals surface area contributed by atoms with Crippen molar-refractivity contribution in [3.63, 3.8) is 0 Å². The van der Waals surface area contributed by atoms with Crippen molar-refractivity contribution in [2.24, 2.45) is 17.1 Å². The number of carbonyl (C=O) groups is 1. The predicted octanol–water partition coefficient (Wildman–Crippen LogP) is 3.03. The van der Waals surface area contributed by atoms with Gasteiger partial charge in [0.2, 0.25) is 5.91 Å². The zero-order valence-electron chi connectivity index (χ0n) is 13.7. The van der Waals surface area contributed by atoms with Crippen molar-refractivity contribution in [2.75, 3.05) is 11.9 Å². The molecule has 4 nitrogen and oxygen atoms in total. The number of nitrogens with one attached hydrogen (secondary N) is 1. The van der Waals surface area contributed by atoms with E-state index in [2.05, 4.69) is 5.32 Å². The molecule has 1 aliphatic carbocycles. The average molecular weight is 343 g/mol. The largest absolute Gasteiger partial charge is 0.377 e. The van der Waals surface area contributed by atoms with Crippen LogP contribution in [0.4, 0.5) is 10.1 Å². The van der Waals surface area contributed by atoms with E-state index < -0.39 is 16.8 Å². The van der Waals surface area contributed by atoms with Gasteiger partial charge in [0.05, 0.1) is 11.8 Å². The van der Waals surface area contributed by atoms with Crippen LogP contribution in [0.3, 0.4) is 0 Å². The van der Waals surface area contributed by atoms with Crippen LogP contribution in [0.5, 0.6) is 0 Å². The van der Waals surface area contributed by atoms with Gasteiger partial charge in [-0.3, -0.25) is 4.79 Å². The lowest BCUT2D eigenvalue weighted by molar-refractivity contribution is -0.222. The van der Waals surface area contributed by atoms with Gasteiger partial charge in [-0.1, -0.05) is 19.9 Å². The molecule has 1 aliphatic heterocycles. The van der Waals surface area contributed by atoms with E-state index in [4.69, 9.17) is 10.5 Å². The molecule has 3 unspecified atom stereocenters. The molecule has 1 aromatic rings. The summed E-state index contributed by atoms with van der Waals surface area (Å²) in [4.78, 5) is 12.8. The first-order valence-electron chi connectivity index (χ1n) is 7.76. The minimum absolute atomic E-state index is 0. The topological polar surface area (TPSA) is 64.4 Å². The lowest BCUT2D eigenvalue weighted by Gasteiger charge is -2.65. The zero-order chi connectivity index (χ0) is 16.1. The Morgan fingerprint density at radius 1 is 1.43 bits per heavy atom. The maximum atomic E-state index is 14.0. The molecule has 6 heteroatoms. The lowest BCUT2D eigenvalue weighted by atomic mass is 9.46. The third-order valence-corrected chi connectivity index (χ3v) is 5.43. The summed E-state index contributed by atoms with van der Waals surface area (Å²) in [7, 11) is 0. The molecule has 0 spiro atoms. The predicted molar refractivity (Wildman–Crippen MR) is 90.2 cm³/mol. The Morgan fingerprint density at radius 2 is 2.13 bits per heavy atom. The van der Waals surface area contributed by atoms with Gasteiger partial charge in [0.25, 0.3) is 0 Å². The van der Waals surface area contributed by atoms with Crippen LogP contribution >= 0.6 is 12.4 Å². The first-order valence-corrected chi connectivity index (χ1v) is 7.76. The Balaban J connectivity index is 0.00000192. The molecule has 2 fully saturated rings. The van der Waals surface area contributed by atoms with Crippen molar-refractivity contribution in [3.05, 3.63) is 29.6 Å². The molecule has 3 rings (SSSR count). The molecule has 128 valence electrons. The Hall–Kier alpha value is -1.17. The molecule has 3 atom stereocenters. The number of fused-ring (bicyclic) bond motifs is 1. The van der Waals surface area contributed by atoms with Gasteiger partial charge < -0.3 is 15.8 Å². The van der Waals surface area contributed by atoms with Crippen molar-refractivity contribution >= 4 is 24.0 Å². The van der Waals surface area contributed by atoms with Crippen molar-refractivity contribution in [1.29, 1.82) is 0 Å². The van der Waals surface area contributed by atoms with Crippen molar-refractivity contribution in [1.82, 2.24) is 0 Å². The fraction of sp³-hybridized carbons (Fsp3) is 0.588. The summed E-state index contributed by atoms with van der Waals surface area (Å²) in [6, 6.07) is 4.74. The molecule has 0 aromatic heterocycles. The second kappa shape index (κ2) is 6.04. The minimum atomic E-state index is -1.03. The number of hydrogen-bond donors (Lipinski definition) is 2. The van der Waals surface area contributed by atoms with E-state index in [1.165, 1.54) is 6.07 Å². The monoisotopic (exact) mass is 342 g/mol. The summed E-state index contributed by atoms with van der Waals surface area (Å²) < 4.78 is 19.8. The number of hydrogen-bond acceptors (Lipinski definition) is 3. The molecule has 1 amide bonds. The third-order valence-electron chi connectivity index (χ3n) is 5.43. The van der Waals surface area contributed by atoms with Crippen molar-refractivity contribution < 1.29 is 13.9 Å². The highest BCUT2D eigenvalue weighted by Crippen LogP contribution is 2.57. The number of ether oxygens (including phenoxy) is 1.